The minimum absolute atomic E-state index is 0.00392. The van der Waals surface area contributed by atoms with Crippen molar-refractivity contribution < 1.29 is 4.79 Å². The summed E-state index contributed by atoms with van der Waals surface area (Å²) in [6, 6.07) is 3.41. The lowest BCUT2D eigenvalue weighted by Gasteiger charge is -2.27. The van der Waals surface area contributed by atoms with Gasteiger partial charge in [0.05, 0.1) is 6.54 Å². The molecule has 140 valence electrons. The fourth-order valence-electron chi connectivity index (χ4n) is 3.20. The number of aromatic nitrogens is 4. The first-order chi connectivity index (χ1) is 13.1. The molecule has 0 radical (unpaired) electrons. The van der Waals surface area contributed by atoms with E-state index in [4.69, 9.17) is 5.73 Å². The number of carbonyl (C=O) groups is 1. The Labute approximate surface area is 159 Å². The Balaban J connectivity index is 1.69. The van der Waals surface area contributed by atoms with Crippen molar-refractivity contribution in [1.82, 2.24) is 19.6 Å². The molecule has 1 aliphatic heterocycles. The first-order valence-corrected chi connectivity index (χ1v) is 9.77. The highest BCUT2D eigenvalue weighted by atomic mass is 32.1. The average Bonchev–Trinajstić information content (AvgIpc) is 3.14. The zero-order valence-corrected chi connectivity index (χ0v) is 15.6. The van der Waals surface area contributed by atoms with Gasteiger partial charge in [0.2, 0.25) is 4.96 Å². The number of fused-ring (bicyclic) bond motifs is 1. The minimum Gasteiger partial charge on any atom is -0.356 e. The Morgan fingerprint density at radius 2 is 2.00 bits per heavy atom. The van der Waals surface area contributed by atoms with Gasteiger partial charge < -0.3 is 10.6 Å². The molecule has 1 aliphatic rings. The topological polar surface area (TPSA) is 106 Å². The van der Waals surface area contributed by atoms with Gasteiger partial charge in [-0.1, -0.05) is 11.3 Å². The number of rotatable bonds is 5. The van der Waals surface area contributed by atoms with Crippen LogP contribution in [0.3, 0.4) is 0 Å². The second-order valence-electron chi connectivity index (χ2n) is 6.60. The quantitative estimate of drug-likeness (QED) is 0.706. The van der Waals surface area contributed by atoms with Gasteiger partial charge in [0.25, 0.3) is 5.56 Å². The Kier molecular flexibility index (Phi) is 4.95. The fraction of sp³-hybridized carbons (Fsp3) is 0.389. The SMILES string of the molecule is NCC(=O)Cc1cncc(-c2nn3c(=O)cc(N4CCCCC4)nc3s2)c1. The monoisotopic (exact) mass is 384 g/mol. The molecule has 0 bridgehead atoms. The summed E-state index contributed by atoms with van der Waals surface area (Å²) < 4.78 is 1.32. The number of piperidine rings is 1. The third kappa shape index (κ3) is 3.74. The molecular weight excluding hydrogens is 364 g/mol. The molecule has 0 atom stereocenters. The highest BCUT2D eigenvalue weighted by Gasteiger charge is 2.16. The van der Waals surface area contributed by atoms with E-state index in [1.165, 1.54) is 22.3 Å². The predicted molar refractivity (Wildman–Crippen MR) is 104 cm³/mol. The molecule has 0 saturated carbocycles. The van der Waals surface area contributed by atoms with Gasteiger partial charge in [0.15, 0.2) is 5.78 Å². The van der Waals surface area contributed by atoms with Crippen LogP contribution in [0.5, 0.6) is 0 Å². The lowest BCUT2D eigenvalue weighted by Crippen LogP contribution is -2.31. The van der Waals surface area contributed by atoms with Crippen LogP contribution < -0.4 is 16.2 Å². The Morgan fingerprint density at radius 1 is 1.19 bits per heavy atom. The van der Waals surface area contributed by atoms with Gasteiger partial charge in [-0.05, 0) is 30.9 Å². The first kappa shape index (κ1) is 17.7. The number of carbonyl (C=O) groups excluding carboxylic acids is 1. The number of nitrogens with zero attached hydrogens (tertiary/aromatic N) is 5. The molecule has 0 unspecified atom stereocenters. The van der Waals surface area contributed by atoms with Crippen molar-refractivity contribution in [2.45, 2.75) is 25.7 Å². The first-order valence-electron chi connectivity index (χ1n) is 8.96. The normalized spacial score (nSPS) is 14.6. The van der Waals surface area contributed by atoms with Crippen molar-refractivity contribution in [3.63, 3.8) is 0 Å². The molecule has 0 aliphatic carbocycles. The molecule has 0 aromatic carbocycles. The molecule has 2 N–H and O–H groups in total. The molecule has 0 spiro atoms. The number of anilines is 1. The van der Waals surface area contributed by atoms with Gasteiger partial charge in [-0.3, -0.25) is 14.6 Å². The van der Waals surface area contributed by atoms with Gasteiger partial charge in [0, 0.05) is 43.5 Å². The van der Waals surface area contributed by atoms with Crippen LogP contribution in [0.4, 0.5) is 5.82 Å². The summed E-state index contributed by atoms with van der Waals surface area (Å²) in [6.45, 7) is 1.86. The summed E-state index contributed by atoms with van der Waals surface area (Å²) in [7, 11) is 0. The lowest BCUT2D eigenvalue weighted by molar-refractivity contribution is -0.117. The third-order valence-corrected chi connectivity index (χ3v) is 5.54. The van der Waals surface area contributed by atoms with E-state index in [0.717, 1.165) is 42.9 Å². The van der Waals surface area contributed by atoms with E-state index < -0.39 is 0 Å². The molecule has 3 aromatic rings. The highest BCUT2D eigenvalue weighted by molar-refractivity contribution is 7.19. The maximum absolute atomic E-state index is 12.5. The molecule has 0 amide bonds. The number of ketones is 1. The van der Waals surface area contributed by atoms with Crippen molar-refractivity contribution in [2.75, 3.05) is 24.5 Å². The van der Waals surface area contributed by atoms with Crippen molar-refractivity contribution in [3.8, 4) is 10.6 Å². The molecule has 4 rings (SSSR count). The maximum Gasteiger partial charge on any atom is 0.277 e. The van der Waals surface area contributed by atoms with E-state index in [9.17, 15) is 9.59 Å². The molecule has 4 heterocycles. The molecular formula is C18H20N6O2S. The number of hydrogen-bond acceptors (Lipinski definition) is 8. The van der Waals surface area contributed by atoms with Crippen LogP contribution in [-0.2, 0) is 11.2 Å². The van der Waals surface area contributed by atoms with E-state index in [2.05, 4.69) is 20.0 Å². The predicted octanol–water partition coefficient (Wildman–Crippen LogP) is 1.27. The van der Waals surface area contributed by atoms with Crippen LogP contribution in [0.25, 0.3) is 15.5 Å². The van der Waals surface area contributed by atoms with E-state index in [0.29, 0.717) is 9.97 Å². The second kappa shape index (κ2) is 7.53. The van der Waals surface area contributed by atoms with Gasteiger partial charge in [0.1, 0.15) is 10.8 Å². The minimum atomic E-state index is -0.189. The van der Waals surface area contributed by atoms with Crippen molar-refractivity contribution in [3.05, 3.63) is 40.4 Å². The summed E-state index contributed by atoms with van der Waals surface area (Å²) in [5, 5.41) is 5.04. The van der Waals surface area contributed by atoms with E-state index in [1.54, 1.807) is 18.5 Å². The molecule has 3 aromatic heterocycles. The van der Waals surface area contributed by atoms with E-state index in [1.807, 2.05) is 6.07 Å². The van der Waals surface area contributed by atoms with Crippen molar-refractivity contribution in [1.29, 1.82) is 0 Å². The molecule has 1 saturated heterocycles. The Hall–Kier alpha value is -2.65. The summed E-state index contributed by atoms with van der Waals surface area (Å²) in [5.74, 6) is 0.664. The average molecular weight is 384 g/mol. The smallest absolute Gasteiger partial charge is 0.277 e. The van der Waals surface area contributed by atoms with Crippen LogP contribution >= 0.6 is 11.3 Å². The molecule has 1 fully saturated rings. The van der Waals surface area contributed by atoms with Gasteiger partial charge >= 0.3 is 0 Å². The maximum atomic E-state index is 12.5. The molecule has 8 nitrogen and oxygen atoms in total. The van der Waals surface area contributed by atoms with Crippen LogP contribution in [-0.4, -0.2) is 45.0 Å². The number of pyridine rings is 1. The largest absolute Gasteiger partial charge is 0.356 e. The van der Waals surface area contributed by atoms with E-state index in [-0.39, 0.29) is 24.3 Å². The van der Waals surface area contributed by atoms with Crippen molar-refractivity contribution in [2.24, 2.45) is 5.73 Å². The zero-order valence-electron chi connectivity index (χ0n) is 14.8. The Bertz CT molecular complexity index is 1040. The van der Waals surface area contributed by atoms with Gasteiger partial charge in [-0.25, -0.2) is 4.98 Å². The van der Waals surface area contributed by atoms with Crippen LogP contribution in [0, 0.1) is 0 Å². The van der Waals surface area contributed by atoms with Gasteiger partial charge in [-0.15, -0.1) is 0 Å². The lowest BCUT2D eigenvalue weighted by atomic mass is 10.1. The summed E-state index contributed by atoms with van der Waals surface area (Å²) >= 11 is 1.34. The summed E-state index contributed by atoms with van der Waals surface area (Å²) in [4.78, 5) is 35.6. The number of Topliss-reactive ketones (excluding diaryl/α,β-unsaturated/α-hetero) is 1. The van der Waals surface area contributed by atoms with E-state index >= 15 is 0 Å². The van der Waals surface area contributed by atoms with Crippen molar-refractivity contribution >= 4 is 27.9 Å². The third-order valence-electron chi connectivity index (χ3n) is 4.58. The number of nitrogens with two attached hydrogens (primary N) is 1. The van der Waals surface area contributed by atoms with Crippen LogP contribution in [0.15, 0.2) is 29.3 Å². The summed E-state index contributed by atoms with van der Waals surface area (Å²) in [5.41, 5.74) is 6.72. The highest BCUT2D eigenvalue weighted by Crippen LogP contribution is 2.26. The second-order valence-corrected chi connectivity index (χ2v) is 7.56. The fourth-order valence-corrected chi connectivity index (χ4v) is 4.08. The number of hydrogen-bond donors (Lipinski definition) is 1. The van der Waals surface area contributed by atoms with Crippen LogP contribution in [0.2, 0.25) is 0 Å². The molecule has 9 heteroatoms. The standard InChI is InChI=1S/C18H20N6O2S/c19-9-14(25)7-12-6-13(11-20-10-12)17-22-24-16(26)8-15(21-18(24)27-17)23-4-2-1-3-5-23/h6,8,10-11H,1-5,7,9,19H2. The Morgan fingerprint density at radius 3 is 2.78 bits per heavy atom. The van der Waals surface area contributed by atoms with Gasteiger partial charge in [-0.2, -0.15) is 9.61 Å². The molecule has 27 heavy (non-hydrogen) atoms. The summed E-state index contributed by atoms with van der Waals surface area (Å²) in [6.07, 6.45) is 7.01. The van der Waals surface area contributed by atoms with Crippen LogP contribution in [0.1, 0.15) is 24.8 Å². The zero-order chi connectivity index (χ0) is 18.8.